The molecule has 1 unspecified atom stereocenters. The highest BCUT2D eigenvalue weighted by molar-refractivity contribution is 7.93. The van der Waals surface area contributed by atoms with Gasteiger partial charge >= 0.3 is 0 Å². The van der Waals surface area contributed by atoms with E-state index in [0.29, 0.717) is 0 Å². The van der Waals surface area contributed by atoms with Crippen molar-refractivity contribution in [2.75, 3.05) is 6.61 Å². The van der Waals surface area contributed by atoms with Crippen LogP contribution in [0.2, 0.25) is 0 Å². The van der Waals surface area contributed by atoms with Gasteiger partial charge in [-0.15, -0.1) is 0 Å². The van der Waals surface area contributed by atoms with Crippen LogP contribution < -0.4 is 5.14 Å². The van der Waals surface area contributed by atoms with Crippen molar-refractivity contribution in [2.24, 2.45) is 5.14 Å². The van der Waals surface area contributed by atoms with Gasteiger partial charge in [0, 0.05) is 13.0 Å². The third-order valence-electron chi connectivity index (χ3n) is 1.34. The highest BCUT2D eigenvalue weighted by Gasteiger charge is 2.19. The van der Waals surface area contributed by atoms with Gasteiger partial charge in [0.25, 0.3) is 0 Å². The lowest BCUT2D eigenvalue weighted by Crippen LogP contribution is -2.25. The monoisotopic (exact) mass is 207 g/mol. The van der Waals surface area contributed by atoms with Gasteiger partial charge in [-0.1, -0.05) is 12.7 Å². The van der Waals surface area contributed by atoms with Crippen molar-refractivity contribution in [3.8, 4) is 0 Å². The van der Waals surface area contributed by atoms with Crippen LogP contribution in [-0.2, 0) is 10.0 Å². The molecule has 0 spiro atoms. The minimum absolute atomic E-state index is 0.0733. The van der Waals surface area contributed by atoms with Crippen molar-refractivity contribution in [1.82, 2.24) is 0 Å². The molecule has 0 fully saturated rings. The summed E-state index contributed by atoms with van der Waals surface area (Å²) >= 11 is 0. The molecule has 0 heterocycles. The highest BCUT2D eigenvalue weighted by atomic mass is 32.2. The summed E-state index contributed by atoms with van der Waals surface area (Å²) in [4.78, 5) is -0.337. The minimum atomic E-state index is -3.92. The normalized spacial score (nSPS) is 15.5. The Kier molecular flexibility index (Phi) is 4.86. The molecule has 1 atom stereocenters. The first-order valence-corrected chi connectivity index (χ1v) is 5.12. The highest BCUT2D eigenvalue weighted by Crippen LogP contribution is 2.11. The average molecular weight is 207 g/mol. The largest absolute Gasteiger partial charge is 0.396 e. The topological polar surface area (TPSA) is 101 Å². The van der Waals surface area contributed by atoms with Crippen LogP contribution in [0.15, 0.2) is 23.6 Å². The second kappa shape index (κ2) is 5.13. The van der Waals surface area contributed by atoms with Crippen LogP contribution >= 0.6 is 0 Å². The van der Waals surface area contributed by atoms with E-state index in [1.807, 2.05) is 0 Å². The first kappa shape index (κ1) is 12.3. The molecule has 0 rings (SSSR count). The SMILES string of the molecule is C=C/C=C(\C(O)CCO)S(N)(=O)=O. The number of primary sulfonamides is 1. The Hall–Kier alpha value is -0.690. The zero-order chi connectivity index (χ0) is 10.5. The van der Waals surface area contributed by atoms with Crippen molar-refractivity contribution in [3.05, 3.63) is 23.6 Å². The number of rotatable bonds is 5. The Morgan fingerprint density at radius 2 is 2.15 bits per heavy atom. The molecular formula is C7H13NO4S. The Bertz CT molecular complexity index is 294. The van der Waals surface area contributed by atoms with E-state index in [1.165, 1.54) is 6.08 Å². The van der Waals surface area contributed by atoms with Crippen molar-refractivity contribution < 1.29 is 18.6 Å². The number of aliphatic hydroxyl groups is 2. The number of sulfonamides is 1. The zero-order valence-corrected chi connectivity index (χ0v) is 7.87. The molecule has 76 valence electrons. The summed E-state index contributed by atoms with van der Waals surface area (Å²) in [5.74, 6) is 0. The molecule has 0 radical (unpaired) electrons. The summed E-state index contributed by atoms with van der Waals surface area (Å²) in [6.07, 6.45) is 0.963. The van der Waals surface area contributed by atoms with Crippen LogP contribution in [0.1, 0.15) is 6.42 Å². The number of hydrogen-bond donors (Lipinski definition) is 3. The summed E-state index contributed by atoms with van der Waals surface area (Å²) in [5.41, 5.74) is 0. The molecule has 6 heteroatoms. The summed E-state index contributed by atoms with van der Waals surface area (Å²) in [5, 5.41) is 22.5. The van der Waals surface area contributed by atoms with E-state index in [4.69, 9.17) is 10.2 Å². The molecular weight excluding hydrogens is 194 g/mol. The summed E-state index contributed by atoms with van der Waals surface area (Å²) in [7, 11) is -3.92. The predicted octanol–water partition coefficient (Wildman–Crippen LogP) is -0.912. The fourth-order valence-electron chi connectivity index (χ4n) is 0.776. The molecule has 4 N–H and O–H groups in total. The van der Waals surface area contributed by atoms with Gasteiger partial charge in [0.05, 0.1) is 11.0 Å². The zero-order valence-electron chi connectivity index (χ0n) is 7.05. The number of nitrogens with two attached hydrogens (primary N) is 1. The Labute approximate surface area is 77.2 Å². The van der Waals surface area contributed by atoms with E-state index in [2.05, 4.69) is 6.58 Å². The second-order valence-corrected chi connectivity index (χ2v) is 3.94. The average Bonchev–Trinajstić information content (AvgIpc) is 1.98. The van der Waals surface area contributed by atoms with Crippen LogP contribution in [-0.4, -0.2) is 31.3 Å². The Morgan fingerprint density at radius 1 is 1.62 bits per heavy atom. The molecule has 0 bridgehead atoms. The smallest absolute Gasteiger partial charge is 0.236 e. The molecule has 0 aromatic heterocycles. The molecule has 0 aliphatic rings. The van der Waals surface area contributed by atoms with Gasteiger partial charge in [0.15, 0.2) is 0 Å². The molecule has 0 saturated carbocycles. The maximum Gasteiger partial charge on any atom is 0.236 e. The number of aliphatic hydroxyl groups excluding tert-OH is 2. The van der Waals surface area contributed by atoms with E-state index in [-0.39, 0.29) is 17.9 Å². The molecule has 0 aromatic carbocycles. The van der Waals surface area contributed by atoms with Crippen molar-refractivity contribution in [2.45, 2.75) is 12.5 Å². The van der Waals surface area contributed by atoms with Gasteiger partial charge in [-0.2, -0.15) is 0 Å². The van der Waals surface area contributed by atoms with E-state index in [1.54, 1.807) is 0 Å². The van der Waals surface area contributed by atoms with Gasteiger partial charge in [-0.05, 0) is 6.08 Å². The van der Waals surface area contributed by atoms with Gasteiger partial charge in [-0.3, -0.25) is 0 Å². The van der Waals surface area contributed by atoms with Crippen LogP contribution in [0.4, 0.5) is 0 Å². The van der Waals surface area contributed by atoms with Crippen LogP contribution in [0, 0.1) is 0 Å². The van der Waals surface area contributed by atoms with E-state index < -0.39 is 16.1 Å². The Morgan fingerprint density at radius 3 is 2.46 bits per heavy atom. The molecule has 0 aromatic rings. The molecule has 0 amide bonds. The number of hydrogen-bond acceptors (Lipinski definition) is 4. The second-order valence-electron chi connectivity index (χ2n) is 2.38. The molecule has 0 aliphatic heterocycles. The summed E-state index contributed by atoms with van der Waals surface area (Å²) in [6, 6.07) is 0. The minimum Gasteiger partial charge on any atom is -0.396 e. The maximum atomic E-state index is 10.9. The maximum absolute atomic E-state index is 10.9. The van der Waals surface area contributed by atoms with Crippen LogP contribution in [0.3, 0.4) is 0 Å². The third kappa shape index (κ3) is 4.18. The lowest BCUT2D eigenvalue weighted by molar-refractivity contribution is 0.166. The molecule has 5 nitrogen and oxygen atoms in total. The third-order valence-corrected chi connectivity index (χ3v) is 2.41. The van der Waals surface area contributed by atoms with Gasteiger partial charge < -0.3 is 10.2 Å². The van der Waals surface area contributed by atoms with E-state index in [9.17, 15) is 13.5 Å². The fraction of sp³-hybridized carbons (Fsp3) is 0.429. The fourth-order valence-corrected chi connectivity index (χ4v) is 1.56. The summed E-state index contributed by atoms with van der Waals surface area (Å²) < 4.78 is 21.7. The quantitative estimate of drug-likeness (QED) is 0.508. The molecule has 13 heavy (non-hydrogen) atoms. The van der Waals surface area contributed by atoms with Gasteiger partial charge in [0.1, 0.15) is 0 Å². The first-order chi connectivity index (χ1) is 5.93. The van der Waals surface area contributed by atoms with Crippen molar-refractivity contribution in [3.63, 3.8) is 0 Å². The van der Waals surface area contributed by atoms with Crippen molar-refractivity contribution >= 4 is 10.0 Å². The first-order valence-electron chi connectivity index (χ1n) is 3.57. The predicted molar refractivity (Wildman–Crippen MR) is 49.1 cm³/mol. The van der Waals surface area contributed by atoms with Crippen molar-refractivity contribution in [1.29, 1.82) is 0 Å². The summed E-state index contributed by atoms with van der Waals surface area (Å²) in [6.45, 7) is 2.97. The Balaban J connectivity index is 4.84. The number of allylic oxidation sites excluding steroid dienone is 2. The van der Waals surface area contributed by atoms with E-state index >= 15 is 0 Å². The lowest BCUT2D eigenvalue weighted by Gasteiger charge is -2.10. The van der Waals surface area contributed by atoms with E-state index in [0.717, 1.165) is 6.08 Å². The van der Waals surface area contributed by atoms with Gasteiger partial charge in [-0.25, -0.2) is 13.6 Å². The molecule has 0 aliphatic carbocycles. The lowest BCUT2D eigenvalue weighted by atomic mass is 10.2. The van der Waals surface area contributed by atoms with Gasteiger partial charge in [0.2, 0.25) is 10.0 Å². The van der Waals surface area contributed by atoms with Crippen LogP contribution in [0.5, 0.6) is 0 Å². The standard InChI is InChI=1S/C7H13NO4S/c1-2-3-7(13(8,11)12)6(10)4-5-9/h2-3,6,9-10H,1,4-5H2,(H2,8,11,12)/b7-3+. The molecule has 0 saturated heterocycles. The van der Waals surface area contributed by atoms with Crippen LogP contribution in [0.25, 0.3) is 0 Å².